The smallest absolute Gasteiger partial charge is 0.306 e. The van der Waals surface area contributed by atoms with Crippen LogP contribution in [0.1, 0.15) is 37.3 Å². The van der Waals surface area contributed by atoms with Crippen LogP contribution in [-0.4, -0.2) is 30.7 Å². The lowest BCUT2D eigenvalue weighted by Crippen LogP contribution is -2.21. The number of hydrogen-bond acceptors (Lipinski definition) is 6. The third-order valence-electron chi connectivity index (χ3n) is 6.05. The van der Waals surface area contributed by atoms with Crippen molar-refractivity contribution in [2.45, 2.75) is 31.6 Å². The second kappa shape index (κ2) is 8.46. The van der Waals surface area contributed by atoms with Gasteiger partial charge in [-0.05, 0) is 53.7 Å². The van der Waals surface area contributed by atoms with Gasteiger partial charge in [0.2, 0.25) is 0 Å². The van der Waals surface area contributed by atoms with Gasteiger partial charge in [-0.25, -0.2) is 4.98 Å². The summed E-state index contributed by atoms with van der Waals surface area (Å²) in [6.45, 7) is 0. The molecule has 5 rings (SSSR count). The second-order valence-electron chi connectivity index (χ2n) is 7.95. The molecule has 3 N–H and O–H groups in total. The summed E-state index contributed by atoms with van der Waals surface area (Å²) < 4.78 is 3.07. The number of anilines is 1. The molecule has 0 saturated heterocycles. The Morgan fingerprint density at radius 2 is 2.00 bits per heavy atom. The summed E-state index contributed by atoms with van der Waals surface area (Å²) >= 11 is 11.1. The van der Waals surface area contributed by atoms with Gasteiger partial charge in [-0.3, -0.25) is 9.78 Å². The molecule has 164 valence electrons. The third kappa shape index (κ3) is 3.78. The van der Waals surface area contributed by atoms with Gasteiger partial charge in [-0.15, -0.1) is 11.3 Å². The van der Waals surface area contributed by atoms with E-state index in [9.17, 15) is 9.90 Å². The zero-order valence-corrected chi connectivity index (χ0v) is 20.0. The fourth-order valence-corrected chi connectivity index (χ4v) is 5.72. The van der Waals surface area contributed by atoms with E-state index < -0.39 is 5.97 Å². The average molecular weight is 533 g/mol. The number of carboxylic acids is 1. The number of halogens is 2. The lowest BCUT2D eigenvalue weighted by molar-refractivity contribution is -0.142. The van der Waals surface area contributed by atoms with Crippen LogP contribution in [0.2, 0.25) is 4.34 Å². The standard InChI is InChI=1S/C22H19BrClN5O2S/c23-18-19(11-1-3-12(4-2-11)22(30)31)28-21-15(9-27-29(21)20(18)25)13-5-6-16(26-8-13)14-7-17(24)32-10-14/h5-12H,1-4,25H2,(H,30,31). The van der Waals surface area contributed by atoms with Gasteiger partial charge in [0.1, 0.15) is 5.82 Å². The Morgan fingerprint density at radius 1 is 1.22 bits per heavy atom. The number of nitrogens with zero attached hydrogens (tertiary/aromatic N) is 4. The van der Waals surface area contributed by atoms with Gasteiger partial charge in [-0.1, -0.05) is 17.7 Å². The van der Waals surface area contributed by atoms with Gasteiger partial charge in [0.15, 0.2) is 5.65 Å². The van der Waals surface area contributed by atoms with Crippen molar-refractivity contribution in [2.24, 2.45) is 5.92 Å². The lowest BCUT2D eigenvalue weighted by Gasteiger charge is -2.26. The fourth-order valence-electron chi connectivity index (χ4n) is 4.27. The van der Waals surface area contributed by atoms with Crippen molar-refractivity contribution in [1.29, 1.82) is 0 Å². The van der Waals surface area contributed by atoms with Gasteiger partial charge in [0, 0.05) is 34.2 Å². The first-order valence-electron chi connectivity index (χ1n) is 10.2. The van der Waals surface area contributed by atoms with Crippen LogP contribution >= 0.6 is 38.9 Å². The second-order valence-corrected chi connectivity index (χ2v) is 10.3. The van der Waals surface area contributed by atoms with Crippen LogP contribution in [-0.2, 0) is 4.79 Å². The number of nitrogen functional groups attached to an aromatic ring is 1. The molecule has 32 heavy (non-hydrogen) atoms. The normalized spacial score (nSPS) is 18.8. The van der Waals surface area contributed by atoms with Crippen LogP contribution in [0.3, 0.4) is 0 Å². The Labute approximate surface area is 201 Å². The first-order valence-corrected chi connectivity index (χ1v) is 12.2. The van der Waals surface area contributed by atoms with Crippen LogP contribution in [0.25, 0.3) is 28.0 Å². The summed E-state index contributed by atoms with van der Waals surface area (Å²) in [5, 5.41) is 15.7. The van der Waals surface area contributed by atoms with E-state index in [1.54, 1.807) is 16.9 Å². The predicted octanol–water partition coefficient (Wildman–Crippen LogP) is 5.88. The summed E-state index contributed by atoms with van der Waals surface area (Å²) in [4.78, 5) is 20.8. The molecule has 7 nitrogen and oxygen atoms in total. The number of hydrogen-bond donors (Lipinski definition) is 2. The largest absolute Gasteiger partial charge is 0.481 e. The van der Waals surface area contributed by atoms with Crippen LogP contribution in [0.4, 0.5) is 5.82 Å². The molecule has 10 heteroatoms. The first kappa shape index (κ1) is 21.4. The zero-order valence-electron chi connectivity index (χ0n) is 16.8. The van der Waals surface area contributed by atoms with Gasteiger partial charge < -0.3 is 10.8 Å². The Hall–Kier alpha value is -2.49. The molecule has 0 aromatic carbocycles. The van der Waals surface area contributed by atoms with E-state index in [0.717, 1.165) is 49.7 Å². The van der Waals surface area contributed by atoms with E-state index in [-0.39, 0.29) is 11.8 Å². The predicted molar refractivity (Wildman–Crippen MR) is 129 cm³/mol. The van der Waals surface area contributed by atoms with Gasteiger partial charge in [0.05, 0.1) is 32.3 Å². The maximum absolute atomic E-state index is 11.3. The van der Waals surface area contributed by atoms with E-state index in [1.807, 2.05) is 23.6 Å². The minimum Gasteiger partial charge on any atom is -0.481 e. The molecule has 4 heterocycles. The number of fused-ring (bicyclic) bond motifs is 1. The van der Waals surface area contributed by atoms with Crippen molar-refractivity contribution in [3.8, 4) is 22.4 Å². The van der Waals surface area contributed by atoms with Crippen LogP contribution in [0.5, 0.6) is 0 Å². The Morgan fingerprint density at radius 3 is 2.62 bits per heavy atom. The highest BCUT2D eigenvalue weighted by molar-refractivity contribution is 9.10. The van der Waals surface area contributed by atoms with Crippen molar-refractivity contribution in [1.82, 2.24) is 19.6 Å². The Bertz CT molecular complexity index is 1310. The molecular formula is C22H19BrClN5O2S. The molecule has 0 atom stereocenters. The number of nitrogens with two attached hydrogens (primary N) is 1. The van der Waals surface area contributed by atoms with Crippen LogP contribution in [0, 0.1) is 5.92 Å². The molecule has 1 aliphatic rings. The molecule has 1 aliphatic carbocycles. The van der Waals surface area contributed by atoms with E-state index in [4.69, 9.17) is 22.3 Å². The lowest BCUT2D eigenvalue weighted by atomic mass is 9.80. The minimum atomic E-state index is -0.718. The number of thiophene rings is 1. The molecule has 1 fully saturated rings. The zero-order chi connectivity index (χ0) is 22.4. The van der Waals surface area contributed by atoms with E-state index in [2.05, 4.69) is 26.0 Å². The summed E-state index contributed by atoms with van der Waals surface area (Å²) in [5.74, 6) is -0.364. The fraction of sp³-hybridized carbons (Fsp3) is 0.273. The molecule has 0 bridgehead atoms. The molecule has 0 radical (unpaired) electrons. The van der Waals surface area contributed by atoms with E-state index in [0.29, 0.717) is 24.3 Å². The summed E-state index contributed by atoms with van der Waals surface area (Å²) in [6.07, 6.45) is 6.36. The van der Waals surface area contributed by atoms with Crippen molar-refractivity contribution in [2.75, 3.05) is 5.73 Å². The molecule has 1 saturated carbocycles. The topological polar surface area (TPSA) is 106 Å². The van der Waals surface area contributed by atoms with E-state index in [1.165, 1.54) is 11.3 Å². The van der Waals surface area contributed by atoms with Crippen LogP contribution in [0.15, 0.2) is 40.4 Å². The van der Waals surface area contributed by atoms with Crippen molar-refractivity contribution < 1.29 is 9.90 Å². The molecule has 4 aromatic heterocycles. The molecular weight excluding hydrogens is 514 g/mol. The highest BCUT2D eigenvalue weighted by atomic mass is 79.9. The van der Waals surface area contributed by atoms with Crippen LogP contribution < -0.4 is 5.73 Å². The SMILES string of the molecule is Nc1c(Br)c(C2CCC(C(=O)O)CC2)nc2c(-c3ccc(-c4csc(Cl)c4)nc3)cnn12. The third-order valence-corrected chi connectivity index (χ3v) is 7.95. The molecule has 4 aromatic rings. The van der Waals surface area contributed by atoms with Gasteiger partial charge in [-0.2, -0.15) is 9.61 Å². The molecule has 0 spiro atoms. The Balaban J connectivity index is 1.51. The summed E-state index contributed by atoms with van der Waals surface area (Å²) in [6, 6.07) is 5.84. The number of pyridine rings is 1. The van der Waals surface area contributed by atoms with Crippen molar-refractivity contribution in [3.05, 3.63) is 50.5 Å². The maximum Gasteiger partial charge on any atom is 0.306 e. The first-order chi connectivity index (χ1) is 15.4. The number of carbonyl (C=O) groups is 1. The number of carboxylic acid groups (broad SMARTS) is 1. The molecule has 0 amide bonds. The molecule has 0 unspecified atom stereocenters. The quantitative estimate of drug-likeness (QED) is 0.340. The van der Waals surface area contributed by atoms with E-state index >= 15 is 0 Å². The highest BCUT2D eigenvalue weighted by Gasteiger charge is 2.30. The van der Waals surface area contributed by atoms with Gasteiger partial charge in [0.25, 0.3) is 0 Å². The highest BCUT2D eigenvalue weighted by Crippen LogP contribution is 2.40. The summed E-state index contributed by atoms with van der Waals surface area (Å²) in [7, 11) is 0. The minimum absolute atomic E-state index is 0.152. The summed E-state index contributed by atoms with van der Waals surface area (Å²) in [5.41, 5.74) is 11.5. The molecule has 0 aliphatic heterocycles. The van der Waals surface area contributed by atoms with Gasteiger partial charge >= 0.3 is 5.97 Å². The number of aliphatic carboxylic acids is 1. The van der Waals surface area contributed by atoms with Crippen molar-refractivity contribution >= 4 is 56.3 Å². The van der Waals surface area contributed by atoms with Crippen molar-refractivity contribution in [3.63, 3.8) is 0 Å². The number of aromatic nitrogens is 4. The number of rotatable bonds is 4. The monoisotopic (exact) mass is 531 g/mol. The average Bonchev–Trinajstić information content (AvgIpc) is 3.43. The maximum atomic E-state index is 11.3. The Kier molecular flexibility index (Phi) is 5.65.